The van der Waals surface area contributed by atoms with Crippen molar-refractivity contribution >= 4 is 22.7 Å². The molecule has 0 amide bonds. The maximum Gasteiger partial charge on any atom is 0.0445 e. The van der Waals surface area contributed by atoms with Gasteiger partial charge in [0.15, 0.2) is 0 Å². The van der Waals surface area contributed by atoms with E-state index in [0.717, 1.165) is 0 Å². The highest BCUT2D eigenvalue weighted by Crippen LogP contribution is 2.33. The normalized spacial score (nSPS) is 10.8. The van der Waals surface area contributed by atoms with Crippen LogP contribution >= 0.6 is 22.7 Å². The molecule has 0 N–H and O–H groups in total. The minimum atomic E-state index is 1.24. The quantitative estimate of drug-likeness (QED) is 0.690. The van der Waals surface area contributed by atoms with Crippen molar-refractivity contribution in [2.24, 2.45) is 0 Å². The Hall–Kier alpha value is -0.600. The van der Waals surface area contributed by atoms with Crippen molar-refractivity contribution in [3.63, 3.8) is 0 Å². The monoisotopic (exact) mass is 236 g/mol. The molecule has 0 atom stereocenters. The van der Waals surface area contributed by atoms with Crippen molar-refractivity contribution < 1.29 is 0 Å². The van der Waals surface area contributed by atoms with Crippen LogP contribution in [0.5, 0.6) is 0 Å². The molecule has 0 aliphatic carbocycles. The third-order valence-electron chi connectivity index (χ3n) is 2.42. The SMILES string of the molecule is CCCCc1ccc(-c2ccc(C)s2)s1. The molecule has 0 spiro atoms. The number of hydrogen-bond acceptors (Lipinski definition) is 2. The molecule has 0 saturated heterocycles. The summed E-state index contributed by atoms with van der Waals surface area (Å²) in [7, 11) is 0. The lowest BCUT2D eigenvalue weighted by Crippen LogP contribution is -1.76. The Labute approximate surface area is 99.6 Å². The van der Waals surface area contributed by atoms with E-state index in [1.807, 2.05) is 22.7 Å². The minimum Gasteiger partial charge on any atom is -0.140 e. The number of thiophene rings is 2. The second kappa shape index (κ2) is 4.95. The fourth-order valence-corrected chi connectivity index (χ4v) is 3.57. The Morgan fingerprint density at radius 1 is 1.00 bits per heavy atom. The van der Waals surface area contributed by atoms with Crippen LogP contribution in [-0.2, 0) is 6.42 Å². The van der Waals surface area contributed by atoms with E-state index in [1.54, 1.807) is 0 Å². The van der Waals surface area contributed by atoms with Crippen LogP contribution < -0.4 is 0 Å². The molecule has 2 aromatic rings. The summed E-state index contributed by atoms with van der Waals surface area (Å²) in [6.45, 7) is 4.41. The minimum absolute atomic E-state index is 1.24. The van der Waals surface area contributed by atoms with Crippen molar-refractivity contribution in [3.05, 3.63) is 34.0 Å². The van der Waals surface area contributed by atoms with Crippen molar-refractivity contribution in [1.82, 2.24) is 0 Å². The summed E-state index contributed by atoms with van der Waals surface area (Å²) in [5.74, 6) is 0. The first-order valence-electron chi connectivity index (χ1n) is 5.45. The van der Waals surface area contributed by atoms with Crippen LogP contribution in [0.1, 0.15) is 29.5 Å². The van der Waals surface area contributed by atoms with E-state index in [9.17, 15) is 0 Å². The highest BCUT2D eigenvalue weighted by Gasteiger charge is 2.04. The molecule has 0 saturated carbocycles. The molecular weight excluding hydrogens is 220 g/mol. The zero-order valence-electron chi connectivity index (χ0n) is 9.25. The van der Waals surface area contributed by atoms with Crippen molar-refractivity contribution in [2.75, 3.05) is 0 Å². The second-order valence-electron chi connectivity index (χ2n) is 3.78. The van der Waals surface area contributed by atoms with E-state index in [0.29, 0.717) is 0 Å². The first-order chi connectivity index (χ1) is 7.29. The van der Waals surface area contributed by atoms with Crippen LogP contribution in [0, 0.1) is 6.92 Å². The maximum atomic E-state index is 2.28. The van der Waals surface area contributed by atoms with E-state index in [1.165, 1.54) is 38.8 Å². The van der Waals surface area contributed by atoms with Gasteiger partial charge in [-0.2, -0.15) is 0 Å². The molecule has 2 rings (SSSR count). The number of rotatable bonds is 4. The summed E-state index contributed by atoms with van der Waals surface area (Å²) in [6, 6.07) is 8.98. The molecule has 80 valence electrons. The summed E-state index contributed by atoms with van der Waals surface area (Å²) in [6.07, 6.45) is 3.83. The number of unbranched alkanes of at least 4 members (excludes halogenated alkanes) is 1. The van der Waals surface area contributed by atoms with Gasteiger partial charge < -0.3 is 0 Å². The van der Waals surface area contributed by atoms with Crippen molar-refractivity contribution in [1.29, 1.82) is 0 Å². The molecule has 0 fully saturated rings. The Morgan fingerprint density at radius 3 is 2.40 bits per heavy atom. The van der Waals surface area contributed by atoms with Gasteiger partial charge in [0.2, 0.25) is 0 Å². The molecule has 0 aliphatic rings. The molecule has 0 bridgehead atoms. The van der Waals surface area contributed by atoms with Crippen LogP contribution in [0.15, 0.2) is 24.3 Å². The van der Waals surface area contributed by atoms with Gasteiger partial charge in [0.05, 0.1) is 0 Å². The van der Waals surface area contributed by atoms with Crippen molar-refractivity contribution in [3.8, 4) is 9.75 Å². The predicted octanol–water partition coefficient (Wildman–Crippen LogP) is 5.13. The topological polar surface area (TPSA) is 0 Å². The Kier molecular flexibility index (Phi) is 3.60. The first-order valence-corrected chi connectivity index (χ1v) is 7.08. The van der Waals surface area contributed by atoms with E-state index in [4.69, 9.17) is 0 Å². The second-order valence-corrected chi connectivity index (χ2v) is 6.24. The van der Waals surface area contributed by atoms with E-state index >= 15 is 0 Å². The Bertz CT molecular complexity index is 423. The summed E-state index contributed by atoms with van der Waals surface area (Å²) in [5, 5.41) is 0. The van der Waals surface area contributed by atoms with Crippen LogP contribution in [0.3, 0.4) is 0 Å². The molecule has 2 heterocycles. The molecule has 0 nitrogen and oxygen atoms in total. The van der Waals surface area contributed by atoms with Gasteiger partial charge in [0, 0.05) is 19.5 Å². The predicted molar refractivity (Wildman–Crippen MR) is 71.0 cm³/mol. The van der Waals surface area contributed by atoms with Crippen LogP contribution in [0.2, 0.25) is 0 Å². The number of aryl methyl sites for hydroxylation is 2. The fraction of sp³-hybridized carbons (Fsp3) is 0.385. The fourth-order valence-electron chi connectivity index (χ4n) is 1.56. The van der Waals surface area contributed by atoms with Gasteiger partial charge in [0.25, 0.3) is 0 Å². The maximum absolute atomic E-state index is 2.28. The Morgan fingerprint density at radius 2 is 1.73 bits per heavy atom. The first kappa shape index (κ1) is 10.9. The average molecular weight is 236 g/mol. The van der Waals surface area contributed by atoms with Crippen LogP contribution in [0.4, 0.5) is 0 Å². The van der Waals surface area contributed by atoms with Crippen molar-refractivity contribution in [2.45, 2.75) is 33.1 Å². The largest absolute Gasteiger partial charge is 0.140 e. The van der Waals surface area contributed by atoms with E-state index in [2.05, 4.69) is 38.1 Å². The molecule has 2 heteroatoms. The van der Waals surface area contributed by atoms with E-state index < -0.39 is 0 Å². The third kappa shape index (κ3) is 2.70. The summed E-state index contributed by atoms with van der Waals surface area (Å²) in [4.78, 5) is 5.77. The molecule has 0 radical (unpaired) electrons. The lowest BCUT2D eigenvalue weighted by Gasteiger charge is -1.92. The standard InChI is InChI=1S/C13H16S2/c1-3-4-5-11-7-9-13(15-11)12-8-6-10(2)14-12/h6-9H,3-5H2,1-2H3. The zero-order chi connectivity index (χ0) is 10.7. The van der Waals surface area contributed by atoms with Crippen LogP contribution in [-0.4, -0.2) is 0 Å². The van der Waals surface area contributed by atoms with Gasteiger partial charge in [-0.3, -0.25) is 0 Å². The lowest BCUT2D eigenvalue weighted by atomic mass is 10.2. The third-order valence-corrected chi connectivity index (χ3v) is 4.76. The highest BCUT2D eigenvalue weighted by atomic mass is 32.1. The average Bonchev–Trinajstić information content (AvgIpc) is 2.83. The molecule has 0 aliphatic heterocycles. The smallest absolute Gasteiger partial charge is 0.0445 e. The van der Waals surface area contributed by atoms with Gasteiger partial charge in [-0.1, -0.05) is 13.3 Å². The summed E-state index contributed by atoms with van der Waals surface area (Å²) < 4.78 is 0. The van der Waals surface area contributed by atoms with Gasteiger partial charge >= 0.3 is 0 Å². The summed E-state index contributed by atoms with van der Waals surface area (Å²) >= 11 is 3.84. The molecule has 15 heavy (non-hydrogen) atoms. The highest BCUT2D eigenvalue weighted by molar-refractivity contribution is 7.22. The van der Waals surface area contributed by atoms with Gasteiger partial charge in [-0.15, -0.1) is 22.7 Å². The zero-order valence-corrected chi connectivity index (χ0v) is 10.9. The van der Waals surface area contributed by atoms with Crippen LogP contribution in [0.25, 0.3) is 9.75 Å². The number of hydrogen-bond donors (Lipinski definition) is 0. The van der Waals surface area contributed by atoms with Gasteiger partial charge in [0.1, 0.15) is 0 Å². The Balaban J connectivity index is 2.13. The van der Waals surface area contributed by atoms with E-state index in [-0.39, 0.29) is 0 Å². The van der Waals surface area contributed by atoms with Gasteiger partial charge in [-0.05, 0) is 44.0 Å². The summed E-state index contributed by atoms with van der Waals surface area (Å²) in [5.41, 5.74) is 0. The van der Waals surface area contributed by atoms with Gasteiger partial charge in [-0.25, -0.2) is 0 Å². The molecular formula is C13H16S2. The molecule has 0 unspecified atom stereocenters. The lowest BCUT2D eigenvalue weighted by molar-refractivity contribution is 0.804. The molecule has 2 aromatic heterocycles. The molecule has 0 aromatic carbocycles.